The summed E-state index contributed by atoms with van der Waals surface area (Å²) in [6.07, 6.45) is 0.154. The first kappa shape index (κ1) is 13.6. The number of hydrogen-bond acceptors (Lipinski definition) is 2. The number of fused-ring (bicyclic) bond motifs is 1. The zero-order valence-corrected chi connectivity index (χ0v) is 11.7. The molecule has 1 aromatic carbocycles. The Labute approximate surface area is 112 Å². The van der Waals surface area contributed by atoms with Crippen molar-refractivity contribution >= 4 is 16.9 Å². The molecule has 0 aliphatic heterocycles. The lowest BCUT2D eigenvalue weighted by atomic mass is 10.00. The summed E-state index contributed by atoms with van der Waals surface area (Å²) in [6, 6.07) is 3.70. The third-order valence-corrected chi connectivity index (χ3v) is 3.74. The topological polar surface area (TPSA) is 62.5 Å². The van der Waals surface area contributed by atoms with Crippen LogP contribution in [0.5, 0.6) is 0 Å². The Hall–Kier alpha value is -1.81. The maximum absolute atomic E-state index is 11.4. The first-order chi connectivity index (χ1) is 8.88. The molecule has 0 fully saturated rings. The van der Waals surface area contributed by atoms with Crippen LogP contribution in [0.2, 0.25) is 0 Å². The van der Waals surface area contributed by atoms with Gasteiger partial charge in [0.15, 0.2) is 0 Å². The fraction of sp³-hybridized carbons (Fsp3) is 0.400. The zero-order valence-electron chi connectivity index (χ0n) is 11.7. The number of aliphatic hydroxyl groups excluding tert-OH is 1. The molecule has 0 amide bonds. The largest absolute Gasteiger partial charge is 0.478 e. The van der Waals surface area contributed by atoms with Gasteiger partial charge in [-0.05, 0) is 38.0 Å². The predicted molar refractivity (Wildman–Crippen MR) is 74.6 cm³/mol. The van der Waals surface area contributed by atoms with Gasteiger partial charge in [0.2, 0.25) is 0 Å². The van der Waals surface area contributed by atoms with E-state index >= 15 is 0 Å². The van der Waals surface area contributed by atoms with Crippen LogP contribution in [-0.4, -0.2) is 20.7 Å². The number of aromatic carboxylic acids is 1. The van der Waals surface area contributed by atoms with Crippen LogP contribution in [0.4, 0.5) is 0 Å². The van der Waals surface area contributed by atoms with E-state index in [4.69, 9.17) is 0 Å². The summed E-state index contributed by atoms with van der Waals surface area (Å²) >= 11 is 0. The Morgan fingerprint density at radius 2 is 2.05 bits per heavy atom. The number of aliphatic hydroxyl groups is 1. The van der Waals surface area contributed by atoms with E-state index in [0.717, 1.165) is 28.6 Å². The average molecular weight is 261 g/mol. The quantitative estimate of drug-likeness (QED) is 0.893. The lowest BCUT2D eigenvalue weighted by Crippen LogP contribution is -2.02. The fourth-order valence-corrected chi connectivity index (χ4v) is 2.70. The molecule has 2 aromatic rings. The number of aryl methyl sites for hydroxylation is 2. The van der Waals surface area contributed by atoms with Crippen LogP contribution in [0.3, 0.4) is 0 Å². The second-order valence-corrected chi connectivity index (χ2v) is 4.93. The number of hydrogen-bond donors (Lipinski definition) is 2. The average Bonchev–Trinajstić information content (AvgIpc) is 2.60. The predicted octanol–water partition coefficient (Wildman–Crippen LogP) is 2.80. The SMILES string of the molecule is CCc1cc(C(=O)O)c2c(c1)c(C(C)O)c(C)n2C. The molecule has 4 nitrogen and oxygen atoms in total. The number of carboxylic acids is 1. The van der Waals surface area contributed by atoms with Gasteiger partial charge in [0.05, 0.1) is 17.2 Å². The van der Waals surface area contributed by atoms with E-state index in [0.29, 0.717) is 11.1 Å². The van der Waals surface area contributed by atoms with Crippen LogP contribution < -0.4 is 0 Å². The van der Waals surface area contributed by atoms with Crippen molar-refractivity contribution in [3.8, 4) is 0 Å². The minimum Gasteiger partial charge on any atom is -0.478 e. The van der Waals surface area contributed by atoms with Gasteiger partial charge >= 0.3 is 5.97 Å². The Balaban J connectivity index is 2.97. The number of nitrogens with zero attached hydrogens (tertiary/aromatic N) is 1. The van der Waals surface area contributed by atoms with Crippen LogP contribution >= 0.6 is 0 Å². The molecule has 1 aromatic heterocycles. The van der Waals surface area contributed by atoms with Crippen molar-refractivity contribution < 1.29 is 15.0 Å². The zero-order chi connectivity index (χ0) is 14.3. The molecule has 0 saturated heterocycles. The molecule has 2 N–H and O–H groups in total. The van der Waals surface area contributed by atoms with Gasteiger partial charge < -0.3 is 14.8 Å². The summed E-state index contributed by atoms with van der Waals surface area (Å²) in [5.74, 6) is -0.932. The summed E-state index contributed by atoms with van der Waals surface area (Å²) in [4.78, 5) is 11.4. The Kier molecular flexibility index (Phi) is 3.37. The molecule has 0 spiro atoms. The van der Waals surface area contributed by atoms with Gasteiger partial charge in [0, 0.05) is 23.7 Å². The van der Waals surface area contributed by atoms with Crippen molar-refractivity contribution in [1.82, 2.24) is 4.57 Å². The smallest absolute Gasteiger partial charge is 0.337 e. The molecule has 1 unspecified atom stereocenters. The van der Waals surface area contributed by atoms with E-state index in [-0.39, 0.29) is 0 Å². The number of rotatable bonds is 3. The van der Waals surface area contributed by atoms with E-state index in [1.807, 2.05) is 31.5 Å². The Bertz CT molecular complexity index is 653. The van der Waals surface area contributed by atoms with E-state index in [1.165, 1.54) is 0 Å². The van der Waals surface area contributed by atoms with E-state index in [2.05, 4.69) is 0 Å². The highest BCUT2D eigenvalue weighted by Gasteiger charge is 2.21. The first-order valence-electron chi connectivity index (χ1n) is 6.41. The maximum atomic E-state index is 11.4. The van der Waals surface area contributed by atoms with Crippen LogP contribution in [0.1, 0.15) is 47.1 Å². The van der Waals surface area contributed by atoms with Crippen LogP contribution in [-0.2, 0) is 13.5 Å². The van der Waals surface area contributed by atoms with Gasteiger partial charge in [-0.3, -0.25) is 0 Å². The van der Waals surface area contributed by atoms with E-state index in [1.54, 1.807) is 13.0 Å². The number of aromatic nitrogens is 1. The first-order valence-corrected chi connectivity index (χ1v) is 6.41. The number of carbonyl (C=O) groups is 1. The van der Waals surface area contributed by atoms with Crippen molar-refractivity contribution in [3.63, 3.8) is 0 Å². The van der Waals surface area contributed by atoms with Gasteiger partial charge in [-0.15, -0.1) is 0 Å². The molecule has 0 bridgehead atoms. The molecule has 1 heterocycles. The minimum absolute atomic E-state index is 0.298. The normalized spacial score (nSPS) is 12.9. The van der Waals surface area contributed by atoms with Gasteiger partial charge in [-0.1, -0.05) is 6.92 Å². The highest BCUT2D eigenvalue weighted by molar-refractivity contribution is 6.04. The molecular weight excluding hydrogens is 242 g/mol. The van der Waals surface area contributed by atoms with E-state index < -0.39 is 12.1 Å². The molecule has 1 atom stereocenters. The molecule has 102 valence electrons. The summed E-state index contributed by atoms with van der Waals surface area (Å²) in [5.41, 5.74) is 3.67. The Morgan fingerprint density at radius 1 is 1.42 bits per heavy atom. The van der Waals surface area contributed by atoms with Crippen molar-refractivity contribution in [2.75, 3.05) is 0 Å². The minimum atomic E-state index is -0.932. The number of carboxylic acid groups (broad SMARTS) is 1. The van der Waals surface area contributed by atoms with Crippen LogP contribution in [0.15, 0.2) is 12.1 Å². The highest BCUT2D eigenvalue weighted by Crippen LogP contribution is 2.33. The highest BCUT2D eigenvalue weighted by atomic mass is 16.4. The third-order valence-electron chi connectivity index (χ3n) is 3.74. The molecule has 0 aliphatic rings. The van der Waals surface area contributed by atoms with Crippen LogP contribution in [0.25, 0.3) is 10.9 Å². The second kappa shape index (κ2) is 4.70. The lowest BCUT2D eigenvalue weighted by molar-refractivity contribution is 0.0698. The van der Waals surface area contributed by atoms with Gasteiger partial charge in [0.25, 0.3) is 0 Å². The standard InChI is InChI=1S/C15H19NO3/c1-5-10-6-11-13(9(3)17)8(2)16(4)14(11)12(7-10)15(18)19/h6-7,9,17H,5H2,1-4H3,(H,18,19). The van der Waals surface area contributed by atoms with Crippen molar-refractivity contribution in [2.24, 2.45) is 7.05 Å². The lowest BCUT2D eigenvalue weighted by Gasteiger charge is -2.06. The molecular formula is C15H19NO3. The van der Waals surface area contributed by atoms with Crippen LogP contribution in [0, 0.1) is 6.92 Å². The van der Waals surface area contributed by atoms with Crippen molar-refractivity contribution in [2.45, 2.75) is 33.3 Å². The monoisotopic (exact) mass is 261 g/mol. The maximum Gasteiger partial charge on any atom is 0.337 e. The number of benzene rings is 1. The van der Waals surface area contributed by atoms with Crippen molar-refractivity contribution in [3.05, 3.63) is 34.5 Å². The fourth-order valence-electron chi connectivity index (χ4n) is 2.70. The van der Waals surface area contributed by atoms with Gasteiger partial charge in [-0.2, -0.15) is 0 Å². The third kappa shape index (κ3) is 2.02. The summed E-state index contributed by atoms with van der Waals surface area (Å²) < 4.78 is 1.85. The molecule has 0 radical (unpaired) electrons. The van der Waals surface area contributed by atoms with Crippen molar-refractivity contribution in [1.29, 1.82) is 0 Å². The van der Waals surface area contributed by atoms with Gasteiger partial charge in [-0.25, -0.2) is 4.79 Å². The molecule has 2 rings (SSSR count). The second-order valence-electron chi connectivity index (χ2n) is 4.93. The summed E-state index contributed by atoms with van der Waals surface area (Å²) in [5, 5.41) is 20.2. The Morgan fingerprint density at radius 3 is 2.53 bits per heavy atom. The molecule has 19 heavy (non-hydrogen) atoms. The summed E-state index contributed by atoms with van der Waals surface area (Å²) in [6.45, 7) is 5.60. The summed E-state index contributed by atoms with van der Waals surface area (Å²) in [7, 11) is 1.83. The molecule has 0 aliphatic carbocycles. The molecule has 4 heteroatoms. The molecule has 0 saturated carbocycles. The van der Waals surface area contributed by atoms with E-state index in [9.17, 15) is 15.0 Å². The van der Waals surface area contributed by atoms with Gasteiger partial charge in [0.1, 0.15) is 0 Å².